The van der Waals surface area contributed by atoms with Crippen LogP contribution >= 0.6 is 22.9 Å². The predicted octanol–water partition coefficient (Wildman–Crippen LogP) is 4.27. The van der Waals surface area contributed by atoms with Gasteiger partial charge in [0.25, 0.3) is 5.78 Å². The van der Waals surface area contributed by atoms with Gasteiger partial charge in [-0.1, -0.05) is 41.1 Å². The summed E-state index contributed by atoms with van der Waals surface area (Å²) in [6.45, 7) is 1.70. The van der Waals surface area contributed by atoms with E-state index >= 15 is 0 Å². The number of aryl methyl sites for hydroxylation is 1. The fourth-order valence-electron chi connectivity index (χ4n) is 3.17. The lowest BCUT2D eigenvalue weighted by Crippen LogP contribution is -2.29. The van der Waals surface area contributed by atoms with E-state index in [0.717, 1.165) is 16.2 Å². The molecule has 1 aliphatic rings. The summed E-state index contributed by atoms with van der Waals surface area (Å²) < 4.78 is 14.7. The van der Waals surface area contributed by atoms with Gasteiger partial charge in [0.05, 0.1) is 5.57 Å². The van der Waals surface area contributed by atoms with Crippen molar-refractivity contribution in [3.05, 3.63) is 81.1 Å². The van der Waals surface area contributed by atoms with E-state index in [1.54, 1.807) is 25.1 Å². The average molecular weight is 430 g/mol. The van der Waals surface area contributed by atoms with Crippen LogP contribution in [0.3, 0.4) is 0 Å². The molecule has 0 aliphatic carbocycles. The molecule has 0 spiro atoms. The number of carbonyl (C=O) groups is 2. The van der Waals surface area contributed by atoms with Gasteiger partial charge in [-0.2, -0.15) is 0 Å². The Kier molecular flexibility index (Phi) is 4.89. The molecule has 6 nitrogen and oxygen atoms in total. The third kappa shape index (κ3) is 3.30. The second kappa shape index (κ2) is 7.38. The summed E-state index contributed by atoms with van der Waals surface area (Å²) in [5.74, 6) is -2.88. The number of rotatable bonds is 3. The van der Waals surface area contributed by atoms with Gasteiger partial charge in [0.15, 0.2) is 0 Å². The lowest BCUT2D eigenvalue weighted by atomic mass is 9.95. The van der Waals surface area contributed by atoms with E-state index in [1.165, 1.54) is 30.3 Å². The van der Waals surface area contributed by atoms with E-state index in [9.17, 15) is 19.1 Å². The van der Waals surface area contributed by atoms with Crippen LogP contribution < -0.4 is 4.90 Å². The number of aliphatic hydroxyl groups is 1. The maximum absolute atomic E-state index is 14.7. The first-order valence-corrected chi connectivity index (χ1v) is 9.69. The van der Waals surface area contributed by atoms with Crippen LogP contribution in [0.4, 0.5) is 9.52 Å². The van der Waals surface area contributed by atoms with E-state index in [0.29, 0.717) is 10.0 Å². The summed E-state index contributed by atoms with van der Waals surface area (Å²) >= 11 is 6.98. The Morgan fingerprint density at radius 2 is 1.83 bits per heavy atom. The highest BCUT2D eigenvalue weighted by molar-refractivity contribution is 7.15. The van der Waals surface area contributed by atoms with Gasteiger partial charge in [-0.3, -0.25) is 14.5 Å². The van der Waals surface area contributed by atoms with Crippen LogP contribution in [0, 0.1) is 12.7 Å². The predicted molar refractivity (Wildman–Crippen MR) is 107 cm³/mol. The monoisotopic (exact) mass is 429 g/mol. The van der Waals surface area contributed by atoms with Crippen molar-refractivity contribution in [3.63, 3.8) is 0 Å². The molecule has 4 rings (SSSR count). The normalized spacial score (nSPS) is 18.4. The van der Waals surface area contributed by atoms with Crippen molar-refractivity contribution in [2.75, 3.05) is 4.90 Å². The van der Waals surface area contributed by atoms with Crippen LogP contribution in [0.1, 0.15) is 22.2 Å². The second-order valence-corrected chi connectivity index (χ2v) is 7.90. The third-order valence-electron chi connectivity index (χ3n) is 4.48. The number of anilines is 1. The Morgan fingerprint density at radius 3 is 2.45 bits per heavy atom. The van der Waals surface area contributed by atoms with Crippen LogP contribution in [0.25, 0.3) is 5.76 Å². The number of hydrogen-bond acceptors (Lipinski definition) is 6. The van der Waals surface area contributed by atoms with Gasteiger partial charge in [0, 0.05) is 16.1 Å². The zero-order chi connectivity index (χ0) is 20.7. The number of benzene rings is 2. The van der Waals surface area contributed by atoms with Crippen molar-refractivity contribution in [1.82, 2.24) is 10.2 Å². The third-order valence-corrected chi connectivity index (χ3v) is 5.57. The van der Waals surface area contributed by atoms with Gasteiger partial charge in [0.2, 0.25) is 5.13 Å². The molecule has 1 aromatic heterocycles. The van der Waals surface area contributed by atoms with Gasteiger partial charge in [0.1, 0.15) is 22.6 Å². The van der Waals surface area contributed by atoms with Gasteiger partial charge in [-0.05, 0) is 37.3 Å². The van der Waals surface area contributed by atoms with Crippen LogP contribution in [0.2, 0.25) is 5.02 Å². The quantitative estimate of drug-likeness (QED) is 0.382. The number of aliphatic hydroxyl groups excluding tert-OH is 1. The molecule has 146 valence electrons. The van der Waals surface area contributed by atoms with Gasteiger partial charge in [-0.25, -0.2) is 4.39 Å². The molecular formula is C20H13ClFN3O3S. The highest BCUT2D eigenvalue weighted by Crippen LogP contribution is 2.43. The van der Waals surface area contributed by atoms with Gasteiger partial charge < -0.3 is 5.11 Å². The Bertz CT molecular complexity index is 1160. The molecule has 1 atom stereocenters. The molecular weight excluding hydrogens is 417 g/mol. The summed E-state index contributed by atoms with van der Waals surface area (Å²) in [7, 11) is 0. The number of halogens is 2. The number of aromatic nitrogens is 2. The Labute approximate surface area is 173 Å². The molecule has 1 N–H and O–H groups in total. The number of amides is 1. The molecule has 0 unspecified atom stereocenters. The number of carbonyl (C=O) groups excluding carboxylic acids is 2. The van der Waals surface area contributed by atoms with E-state index in [4.69, 9.17) is 11.6 Å². The molecule has 1 saturated heterocycles. The van der Waals surface area contributed by atoms with Crippen LogP contribution in [-0.4, -0.2) is 27.0 Å². The van der Waals surface area contributed by atoms with Crippen molar-refractivity contribution in [2.45, 2.75) is 13.0 Å². The SMILES string of the molecule is Cc1nnc(N2C(=O)C(=O)/C(=C(/O)c3ccc(Cl)cc3)[C@H]2c2ccccc2F)s1. The minimum absolute atomic E-state index is 0.0649. The molecule has 1 aliphatic heterocycles. The number of ketones is 1. The van der Waals surface area contributed by atoms with Gasteiger partial charge >= 0.3 is 5.91 Å². The number of hydrogen-bond donors (Lipinski definition) is 1. The summed E-state index contributed by atoms with van der Waals surface area (Å²) in [5, 5.41) is 19.9. The molecule has 1 amide bonds. The molecule has 1 fully saturated rings. The fourth-order valence-corrected chi connectivity index (χ4v) is 4.01. The van der Waals surface area contributed by atoms with E-state index in [-0.39, 0.29) is 21.8 Å². The minimum atomic E-state index is -1.18. The number of Topliss-reactive ketones (excluding diaryl/α,β-unsaturated/α-hetero) is 1. The lowest BCUT2D eigenvalue weighted by molar-refractivity contribution is -0.132. The molecule has 2 heterocycles. The van der Waals surface area contributed by atoms with Crippen LogP contribution in [0.15, 0.2) is 54.1 Å². The lowest BCUT2D eigenvalue weighted by Gasteiger charge is -2.22. The van der Waals surface area contributed by atoms with Crippen LogP contribution in [0.5, 0.6) is 0 Å². The van der Waals surface area contributed by atoms with Crippen molar-refractivity contribution in [2.24, 2.45) is 0 Å². The molecule has 0 saturated carbocycles. The zero-order valence-electron chi connectivity index (χ0n) is 15.0. The molecule has 2 aromatic carbocycles. The largest absolute Gasteiger partial charge is 0.507 e. The zero-order valence-corrected chi connectivity index (χ0v) is 16.5. The molecule has 0 bridgehead atoms. The van der Waals surface area contributed by atoms with Crippen molar-refractivity contribution >= 4 is 45.5 Å². The minimum Gasteiger partial charge on any atom is -0.507 e. The first kappa shape index (κ1) is 19.2. The van der Waals surface area contributed by atoms with Crippen molar-refractivity contribution < 1.29 is 19.1 Å². The summed E-state index contributed by atoms with van der Waals surface area (Å²) in [5.41, 5.74) is 0.118. The molecule has 0 radical (unpaired) electrons. The number of nitrogens with zero attached hydrogens (tertiary/aromatic N) is 3. The molecule has 29 heavy (non-hydrogen) atoms. The van der Waals surface area contributed by atoms with E-state index in [2.05, 4.69) is 10.2 Å². The Hall–Kier alpha value is -3.10. The maximum atomic E-state index is 14.7. The highest BCUT2D eigenvalue weighted by Gasteiger charge is 2.49. The Morgan fingerprint density at radius 1 is 1.14 bits per heavy atom. The van der Waals surface area contributed by atoms with Crippen LogP contribution in [-0.2, 0) is 9.59 Å². The molecule has 3 aromatic rings. The van der Waals surface area contributed by atoms with Gasteiger partial charge in [-0.15, -0.1) is 10.2 Å². The average Bonchev–Trinajstić information content (AvgIpc) is 3.23. The Balaban J connectivity index is 1.97. The topological polar surface area (TPSA) is 83.4 Å². The van der Waals surface area contributed by atoms with Crippen molar-refractivity contribution in [1.29, 1.82) is 0 Å². The summed E-state index contributed by atoms with van der Waals surface area (Å²) in [6.07, 6.45) is 0. The first-order chi connectivity index (χ1) is 13.9. The smallest absolute Gasteiger partial charge is 0.301 e. The molecule has 9 heteroatoms. The fraction of sp³-hybridized carbons (Fsp3) is 0.100. The first-order valence-electron chi connectivity index (χ1n) is 8.50. The van der Waals surface area contributed by atoms with E-state index in [1.807, 2.05) is 0 Å². The van der Waals surface area contributed by atoms with E-state index < -0.39 is 29.3 Å². The summed E-state index contributed by atoms with van der Waals surface area (Å²) in [6, 6.07) is 10.7. The summed E-state index contributed by atoms with van der Waals surface area (Å²) in [4.78, 5) is 26.8. The highest BCUT2D eigenvalue weighted by atomic mass is 35.5. The van der Waals surface area contributed by atoms with Crippen molar-refractivity contribution in [3.8, 4) is 0 Å². The maximum Gasteiger partial charge on any atom is 0.301 e. The second-order valence-electron chi connectivity index (χ2n) is 6.30. The standard InChI is InChI=1S/C20H13ClFN3O3S/c1-10-23-24-20(29-10)25-16(13-4-2-3-5-14(13)22)15(18(27)19(25)28)17(26)11-6-8-12(21)9-7-11/h2-9,16,26H,1H3/b17-15+/t16-/m1/s1.